The predicted molar refractivity (Wildman–Crippen MR) is 125 cm³/mol. The average molecular weight is 487 g/mol. The maximum absolute atomic E-state index is 13.1. The minimum absolute atomic E-state index is 0.172. The molecule has 8 heteroatoms. The summed E-state index contributed by atoms with van der Waals surface area (Å²) >= 11 is 0. The van der Waals surface area contributed by atoms with Crippen molar-refractivity contribution in [2.24, 2.45) is 0 Å². The van der Waals surface area contributed by atoms with Crippen LogP contribution in [0, 0.1) is 6.92 Å². The minimum atomic E-state index is -1.28. The average Bonchev–Trinajstić information content (AvgIpc) is 2.83. The monoisotopic (exact) mass is 486 g/mol. The van der Waals surface area contributed by atoms with E-state index in [0.717, 1.165) is 16.0 Å². The molecule has 182 valence electrons. The van der Waals surface area contributed by atoms with Crippen LogP contribution in [0.2, 0.25) is 0 Å². The third-order valence-corrected chi connectivity index (χ3v) is 8.00. The van der Waals surface area contributed by atoms with E-state index in [9.17, 15) is 9.00 Å². The Balaban J connectivity index is 1.28. The van der Waals surface area contributed by atoms with E-state index >= 15 is 0 Å². The minimum Gasteiger partial charge on any atom is -0.460 e. The Hall–Kier alpha value is -2.10. The first-order chi connectivity index (χ1) is 16.5. The van der Waals surface area contributed by atoms with Gasteiger partial charge >= 0.3 is 5.97 Å². The number of aryl methyl sites for hydroxylation is 1. The number of hydrogen-bond donors (Lipinski definition) is 0. The molecule has 5 rings (SSSR count). The smallest absolute Gasteiger partial charge is 0.302 e. The topological polar surface area (TPSA) is 80.3 Å². The van der Waals surface area contributed by atoms with E-state index in [2.05, 4.69) is 0 Å². The van der Waals surface area contributed by atoms with Crippen LogP contribution in [0.3, 0.4) is 0 Å². The first-order valence-electron chi connectivity index (χ1n) is 11.7. The Morgan fingerprint density at radius 3 is 2.38 bits per heavy atom. The van der Waals surface area contributed by atoms with E-state index in [0.29, 0.717) is 19.4 Å². The molecule has 0 aliphatic carbocycles. The molecule has 3 aliphatic rings. The van der Waals surface area contributed by atoms with Crippen LogP contribution >= 0.6 is 0 Å². The van der Waals surface area contributed by atoms with Gasteiger partial charge in [0.05, 0.1) is 41.5 Å². The number of esters is 1. The number of carbonyl (C=O) groups excluding carboxylic acids is 1. The molecule has 7 nitrogen and oxygen atoms in total. The second kappa shape index (κ2) is 10.3. The predicted octanol–water partition coefficient (Wildman–Crippen LogP) is 3.46. The van der Waals surface area contributed by atoms with Crippen molar-refractivity contribution >= 4 is 16.8 Å². The molecule has 0 aromatic heterocycles. The number of fused-ring (bicyclic) bond motifs is 2. The van der Waals surface area contributed by atoms with Gasteiger partial charge in [-0.1, -0.05) is 48.0 Å². The molecule has 0 radical (unpaired) electrons. The van der Waals surface area contributed by atoms with Crippen LogP contribution in [-0.2, 0) is 39.3 Å². The van der Waals surface area contributed by atoms with Crippen LogP contribution < -0.4 is 0 Å². The maximum atomic E-state index is 13.1. The van der Waals surface area contributed by atoms with E-state index in [4.69, 9.17) is 23.7 Å². The lowest BCUT2D eigenvalue weighted by Gasteiger charge is -2.49. The van der Waals surface area contributed by atoms with E-state index in [1.54, 1.807) is 0 Å². The lowest BCUT2D eigenvalue weighted by molar-refractivity contribution is -0.320. The number of ether oxygens (including phenoxy) is 5. The molecule has 0 spiro atoms. The van der Waals surface area contributed by atoms with Gasteiger partial charge in [-0.15, -0.1) is 0 Å². The zero-order valence-corrected chi connectivity index (χ0v) is 20.1. The van der Waals surface area contributed by atoms with Crippen molar-refractivity contribution in [1.29, 1.82) is 0 Å². The zero-order chi connectivity index (χ0) is 23.7. The van der Waals surface area contributed by atoms with Crippen molar-refractivity contribution in [3.8, 4) is 0 Å². The van der Waals surface area contributed by atoms with Gasteiger partial charge in [-0.3, -0.25) is 9.00 Å². The molecule has 0 saturated carbocycles. The van der Waals surface area contributed by atoms with E-state index < -0.39 is 29.3 Å². The Labute approximate surface area is 202 Å². The van der Waals surface area contributed by atoms with Gasteiger partial charge in [-0.25, -0.2) is 0 Å². The van der Waals surface area contributed by atoms with E-state index in [1.807, 2.05) is 61.5 Å². The van der Waals surface area contributed by atoms with Gasteiger partial charge in [0.2, 0.25) is 0 Å². The molecule has 0 bridgehead atoms. The van der Waals surface area contributed by atoms with E-state index in [-0.39, 0.29) is 36.1 Å². The van der Waals surface area contributed by atoms with Crippen molar-refractivity contribution in [1.82, 2.24) is 0 Å². The second-order valence-electron chi connectivity index (χ2n) is 9.12. The highest BCUT2D eigenvalue weighted by atomic mass is 32.2. The van der Waals surface area contributed by atoms with Gasteiger partial charge in [-0.2, -0.15) is 0 Å². The molecule has 3 fully saturated rings. The quantitative estimate of drug-likeness (QED) is 0.599. The molecule has 34 heavy (non-hydrogen) atoms. The summed E-state index contributed by atoms with van der Waals surface area (Å²) in [6.45, 7) is 3.79. The summed E-state index contributed by atoms with van der Waals surface area (Å²) in [6.07, 6.45) is -1.17. The lowest BCUT2D eigenvalue weighted by Crippen LogP contribution is -2.59. The van der Waals surface area contributed by atoms with Crippen molar-refractivity contribution in [2.75, 3.05) is 12.4 Å². The summed E-state index contributed by atoms with van der Waals surface area (Å²) < 4.78 is 43.5. The van der Waals surface area contributed by atoms with Crippen molar-refractivity contribution in [3.05, 3.63) is 65.7 Å². The zero-order valence-electron chi connectivity index (χ0n) is 19.3. The number of hydrogen-bond acceptors (Lipinski definition) is 7. The molecule has 1 unspecified atom stereocenters. The number of rotatable bonds is 5. The van der Waals surface area contributed by atoms with Crippen molar-refractivity contribution in [3.63, 3.8) is 0 Å². The van der Waals surface area contributed by atoms with Gasteiger partial charge in [0.1, 0.15) is 18.3 Å². The summed E-state index contributed by atoms with van der Waals surface area (Å²) in [6, 6.07) is 17.4. The largest absolute Gasteiger partial charge is 0.460 e. The Morgan fingerprint density at radius 1 is 0.941 bits per heavy atom. The fraction of sp³-hybridized carbons (Fsp3) is 0.500. The summed E-state index contributed by atoms with van der Waals surface area (Å²) in [4.78, 5) is 12.5. The molecule has 3 heterocycles. The fourth-order valence-corrected chi connectivity index (χ4v) is 6.07. The van der Waals surface area contributed by atoms with E-state index in [1.165, 1.54) is 6.92 Å². The van der Waals surface area contributed by atoms with Gasteiger partial charge in [-0.05, 0) is 19.1 Å². The molecule has 2 aromatic carbocycles. The molecule has 2 aromatic rings. The van der Waals surface area contributed by atoms with Gasteiger partial charge in [0.15, 0.2) is 6.29 Å². The number of benzene rings is 2. The Bertz CT molecular complexity index is 1010. The van der Waals surface area contributed by atoms with Crippen LogP contribution in [0.4, 0.5) is 0 Å². The molecular formula is C26H30O7S. The third-order valence-electron chi connectivity index (χ3n) is 6.57. The summed E-state index contributed by atoms with van der Waals surface area (Å²) in [7, 11) is -1.28. The SMILES string of the molecule is CC(=O)O[C@@H]1C[C@@H]2O[C@@H]3CO[C@@H](c4ccccc4)O[C@H]3C[C@H]2O[C@H]1CS(=O)c1ccc(C)cc1. The van der Waals surface area contributed by atoms with Crippen LogP contribution in [0.1, 0.15) is 37.2 Å². The maximum Gasteiger partial charge on any atom is 0.302 e. The Kier molecular flexibility index (Phi) is 7.13. The molecule has 0 N–H and O–H groups in total. The van der Waals surface area contributed by atoms with Crippen LogP contribution in [0.25, 0.3) is 0 Å². The van der Waals surface area contributed by atoms with Crippen LogP contribution in [0.5, 0.6) is 0 Å². The molecule has 3 saturated heterocycles. The van der Waals surface area contributed by atoms with Crippen molar-refractivity contribution < 1.29 is 32.7 Å². The first kappa shape index (κ1) is 23.6. The third kappa shape index (κ3) is 5.26. The second-order valence-corrected chi connectivity index (χ2v) is 10.6. The van der Waals surface area contributed by atoms with Crippen molar-refractivity contribution in [2.45, 2.75) is 74.5 Å². The standard InChI is InChI=1S/C26H30O7S/c1-16-8-10-19(11-9-16)34(28)15-25-23(30-17(2)27)13-20-21(32-25)12-22-24(31-20)14-29-26(33-22)18-6-4-3-5-7-18/h3-11,20-26H,12-15H2,1-2H3/t20-,21+,22-,23+,24+,25-,26+,34?/m0/s1. The summed E-state index contributed by atoms with van der Waals surface area (Å²) in [5, 5.41) is 0. The van der Waals surface area contributed by atoms with Crippen LogP contribution in [0.15, 0.2) is 59.5 Å². The Morgan fingerprint density at radius 2 is 1.65 bits per heavy atom. The first-order valence-corrected chi connectivity index (χ1v) is 13.0. The number of carbonyl (C=O) groups is 1. The summed E-state index contributed by atoms with van der Waals surface area (Å²) in [5.74, 6) is -0.142. The van der Waals surface area contributed by atoms with Gasteiger partial charge in [0.25, 0.3) is 0 Å². The lowest BCUT2D eigenvalue weighted by atomic mass is 9.90. The fourth-order valence-electron chi connectivity index (χ4n) is 4.85. The van der Waals surface area contributed by atoms with Gasteiger partial charge in [0, 0.05) is 30.2 Å². The van der Waals surface area contributed by atoms with Crippen LogP contribution in [-0.4, -0.2) is 59.2 Å². The highest BCUT2D eigenvalue weighted by molar-refractivity contribution is 7.85. The molecule has 3 aliphatic heterocycles. The summed E-state index contributed by atoms with van der Waals surface area (Å²) in [5.41, 5.74) is 2.07. The molecule has 0 amide bonds. The highest BCUT2D eigenvalue weighted by Gasteiger charge is 2.49. The molecular weight excluding hydrogens is 456 g/mol. The normalized spacial score (nSPS) is 33.9. The molecule has 8 atom stereocenters. The van der Waals surface area contributed by atoms with Gasteiger partial charge < -0.3 is 23.7 Å². The highest BCUT2D eigenvalue weighted by Crippen LogP contribution is 2.39.